The number of aromatic amines is 1. The van der Waals surface area contributed by atoms with Gasteiger partial charge in [-0.2, -0.15) is 0 Å². The molecule has 1 aliphatic rings. The monoisotopic (exact) mass is 368 g/mol. The number of rotatable bonds is 3. The predicted molar refractivity (Wildman–Crippen MR) is 105 cm³/mol. The number of benzene rings is 2. The molecule has 3 aromatic rings. The fourth-order valence-electron chi connectivity index (χ4n) is 3.91. The molecule has 1 aliphatic carbocycles. The lowest BCUT2D eigenvalue weighted by atomic mass is 9.92. The molecule has 0 saturated carbocycles. The predicted octanol–water partition coefficient (Wildman–Crippen LogP) is 3.93. The van der Waals surface area contributed by atoms with Crippen LogP contribution in [0.5, 0.6) is 0 Å². The van der Waals surface area contributed by atoms with Crippen LogP contribution in [0.2, 0.25) is 0 Å². The van der Waals surface area contributed by atoms with Crippen LogP contribution in [0.3, 0.4) is 0 Å². The van der Waals surface area contributed by atoms with Crippen LogP contribution in [0, 0.1) is 20.8 Å². The van der Waals surface area contributed by atoms with E-state index in [1.165, 1.54) is 22.2 Å². The Morgan fingerprint density at radius 3 is 2.58 bits per heavy atom. The number of H-pyrrole nitrogens is 1. The van der Waals surface area contributed by atoms with Gasteiger partial charge in [-0.1, -0.05) is 23.8 Å². The summed E-state index contributed by atoms with van der Waals surface area (Å²) in [5.41, 5.74) is 6.59. The van der Waals surface area contributed by atoms with Gasteiger partial charge in [-0.15, -0.1) is 0 Å². The van der Waals surface area contributed by atoms with Crippen molar-refractivity contribution >= 4 is 20.9 Å². The van der Waals surface area contributed by atoms with Crippen LogP contribution < -0.4 is 4.72 Å². The second kappa shape index (κ2) is 6.25. The normalized spacial score (nSPS) is 17.4. The molecule has 2 N–H and O–H groups in total. The van der Waals surface area contributed by atoms with E-state index in [1.54, 1.807) is 6.07 Å². The van der Waals surface area contributed by atoms with Crippen molar-refractivity contribution in [1.82, 2.24) is 9.71 Å². The van der Waals surface area contributed by atoms with E-state index in [2.05, 4.69) is 34.8 Å². The average molecular weight is 369 g/mol. The number of nitrogens with one attached hydrogen (secondary N) is 2. The Labute approximate surface area is 154 Å². The van der Waals surface area contributed by atoms with Crippen molar-refractivity contribution in [3.8, 4) is 0 Å². The fourth-order valence-corrected chi connectivity index (χ4v) is 5.51. The highest BCUT2D eigenvalue weighted by Crippen LogP contribution is 2.30. The van der Waals surface area contributed by atoms with Crippen LogP contribution >= 0.6 is 0 Å². The summed E-state index contributed by atoms with van der Waals surface area (Å²) in [4.78, 5) is 3.88. The topological polar surface area (TPSA) is 62.0 Å². The Bertz CT molecular complexity index is 1100. The van der Waals surface area contributed by atoms with Crippen LogP contribution in [-0.2, 0) is 22.9 Å². The molecule has 2 aromatic carbocycles. The molecule has 1 aromatic heterocycles. The lowest BCUT2D eigenvalue weighted by molar-refractivity contribution is 0.506. The van der Waals surface area contributed by atoms with Gasteiger partial charge < -0.3 is 4.98 Å². The Morgan fingerprint density at radius 2 is 1.77 bits per heavy atom. The van der Waals surface area contributed by atoms with Crippen molar-refractivity contribution in [2.75, 3.05) is 0 Å². The lowest BCUT2D eigenvalue weighted by Gasteiger charge is -2.24. The van der Waals surface area contributed by atoms with E-state index < -0.39 is 10.0 Å². The minimum absolute atomic E-state index is 0.0769. The maximum absolute atomic E-state index is 12.9. The molecular weight excluding hydrogens is 344 g/mol. The molecule has 0 fully saturated rings. The molecule has 0 saturated heterocycles. The van der Waals surface area contributed by atoms with E-state index in [0.717, 1.165) is 35.9 Å². The molecule has 5 heteroatoms. The van der Waals surface area contributed by atoms with E-state index in [-0.39, 0.29) is 6.04 Å². The summed E-state index contributed by atoms with van der Waals surface area (Å²) in [5, 5.41) is 1.22. The van der Waals surface area contributed by atoms with Gasteiger partial charge in [-0.05, 0) is 74.9 Å². The Balaban J connectivity index is 1.64. The molecule has 0 amide bonds. The highest BCUT2D eigenvalue weighted by atomic mass is 32.2. The van der Waals surface area contributed by atoms with Gasteiger partial charge in [0.05, 0.1) is 4.90 Å². The molecule has 1 atom stereocenters. The summed E-state index contributed by atoms with van der Waals surface area (Å²) in [6.45, 7) is 5.84. The van der Waals surface area contributed by atoms with Gasteiger partial charge in [-0.25, -0.2) is 13.1 Å². The molecule has 0 aliphatic heterocycles. The van der Waals surface area contributed by atoms with Gasteiger partial charge in [0.1, 0.15) is 0 Å². The van der Waals surface area contributed by atoms with Gasteiger partial charge in [0.15, 0.2) is 0 Å². The first-order valence-corrected chi connectivity index (χ1v) is 10.5. The Hall–Kier alpha value is -2.11. The van der Waals surface area contributed by atoms with Crippen LogP contribution in [0.1, 0.15) is 34.4 Å². The van der Waals surface area contributed by atoms with E-state index in [0.29, 0.717) is 4.90 Å². The van der Waals surface area contributed by atoms with Crippen LogP contribution in [-0.4, -0.2) is 19.4 Å². The molecule has 0 bridgehead atoms. The summed E-state index contributed by atoms with van der Waals surface area (Å²) in [5.74, 6) is 0. The number of hydrogen-bond donors (Lipinski definition) is 2. The number of aromatic nitrogens is 1. The summed E-state index contributed by atoms with van der Waals surface area (Å²) in [6.07, 6.45) is 2.40. The molecule has 1 unspecified atom stereocenters. The number of sulfonamides is 1. The average Bonchev–Trinajstić information content (AvgIpc) is 2.94. The fraction of sp³-hybridized carbons (Fsp3) is 0.333. The zero-order valence-electron chi connectivity index (χ0n) is 15.4. The van der Waals surface area contributed by atoms with Gasteiger partial charge in [0.25, 0.3) is 0 Å². The van der Waals surface area contributed by atoms with Crippen molar-refractivity contribution in [2.24, 2.45) is 0 Å². The summed E-state index contributed by atoms with van der Waals surface area (Å²) in [6, 6.07) is 11.9. The van der Waals surface area contributed by atoms with Crippen molar-refractivity contribution in [3.05, 3.63) is 64.3 Å². The summed E-state index contributed by atoms with van der Waals surface area (Å²) in [7, 11) is -3.52. The Kier molecular flexibility index (Phi) is 4.16. The largest absolute Gasteiger partial charge is 0.358 e. The van der Waals surface area contributed by atoms with Crippen molar-refractivity contribution in [2.45, 2.75) is 51.0 Å². The third-order valence-corrected chi connectivity index (χ3v) is 6.96. The minimum Gasteiger partial charge on any atom is -0.358 e. The SMILES string of the molecule is Cc1ccc(C)c(S(=O)(=O)NC2CCc3[nH]c4ccc(C)cc4c3C2)c1. The number of fused-ring (bicyclic) bond motifs is 3. The van der Waals surface area contributed by atoms with Gasteiger partial charge in [-0.3, -0.25) is 0 Å². The van der Waals surface area contributed by atoms with Crippen LogP contribution in [0.25, 0.3) is 10.9 Å². The minimum atomic E-state index is -3.52. The molecule has 4 nitrogen and oxygen atoms in total. The third-order valence-electron chi connectivity index (χ3n) is 5.30. The molecule has 0 spiro atoms. The van der Waals surface area contributed by atoms with Crippen LogP contribution in [0.4, 0.5) is 0 Å². The summed E-state index contributed by atoms with van der Waals surface area (Å²) >= 11 is 0. The van der Waals surface area contributed by atoms with Crippen molar-refractivity contribution in [3.63, 3.8) is 0 Å². The number of hydrogen-bond acceptors (Lipinski definition) is 2. The molecule has 4 rings (SSSR count). The van der Waals surface area contributed by atoms with Gasteiger partial charge in [0.2, 0.25) is 10.0 Å². The van der Waals surface area contributed by atoms with Crippen molar-refractivity contribution in [1.29, 1.82) is 0 Å². The Morgan fingerprint density at radius 1 is 1.04 bits per heavy atom. The molecule has 26 heavy (non-hydrogen) atoms. The highest BCUT2D eigenvalue weighted by Gasteiger charge is 2.27. The first kappa shape index (κ1) is 17.3. The first-order valence-electron chi connectivity index (χ1n) is 9.03. The molecule has 1 heterocycles. The van der Waals surface area contributed by atoms with E-state index >= 15 is 0 Å². The molecular formula is C21H24N2O2S. The second-order valence-electron chi connectivity index (χ2n) is 7.46. The van der Waals surface area contributed by atoms with E-state index in [9.17, 15) is 8.42 Å². The molecule has 0 radical (unpaired) electrons. The smallest absolute Gasteiger partial charge is 0.241 e. The van der Waals surface area contributed by atoms with Gasteiger partial charge in [0, 0.05) is 22.6 Å². The number of aryl methyl sites for hydroxylation is 4. The first-order chi connectivity index (χ1) is 12.3. The molecule has 136 valence electrons. The zero-order chi connectivity index (χ0) is 18.5. The van der Waals surface area contributed by atoms with Crippen molar-refractivity contribution < 1.29 is 8.42 Å². The van der Waals surface area contributed by atoms with Crippen LogP contribution in [0.15, 0.2) is 41.3 Å². The zero-order valence-corrected chi connectivity index (χ0v) is 16.2. The van der Waals surface area contributed by atoms with Gasteiger partial charge >= 0.3 is 0 Å². The highest BCUT2D eigenvalue weighted by molar-refractivity contribution is 7.89. The second-order valence-corrected chi connectivity index (χ2v) is 9.14. The summed E-state index contributed by atoms with van der Waals surface area (Å²) < 4.78 is 28.8. The maximum atomic E-state index is 12.9. The van der Waals surface area contributed by atoms with E-state index in [4.69, 9.17) is 0 Å². The lowest BCUT2D eigenvalue weighted by Crippen LogP contribution is -2.39. The maximum Gasteiger partial charge on any atom is 0.241 e. The third kappa shape index (κ3) is 3.06. The quantitative estimate of drug-likeness (QED) is 0.736. The standard InChI is InChI=1S/C21H24N2O2S/c1-13-5-8-19-17(10-13)18-12-16(7-9-20(18)22-19)23-26(24,25)21-11-14(2)4-6-15(21)3/h4-6,8,10-11,16,22-23H,7,9,12H2,1-3H3. The van der Waals surface area contributed by atoms with E-state index in [1.807, 2.05) is 26.0 Å².